The van der Waals surface area contributed by atoms with E-state index < -0.39 is 12.0 Å². The standard InChI is InChI=1S/C25H31N5O4/c31-22(29-21(14-23(32)33)19-5-1-11-26-15-19)16-30-13-3-6-18(25(30)34)8-10-20-9-7-17-4-2-12-27-24(17)28-20/h1,5,7,9,11,15,18,21H,2-4,6,8,10,12-14,16H2,(H,27,28)(H,29,31)(H,32,33)/t18?,21-/m0/s1. The summed E-state index contributed by atoms with van der Waals surface area (Å²) in [6, 6.07) is 6.90. The number of carbonyl (C=O) groups is 3. The van der Waals surface area contributed by atoms with Gasteiger partial charge in [0.1, 0.15) is 5.82 Å². The maximum atomic E-state index is 13.1. The normalized spacial score (nSPS) is 18.5. The van der Waals surface area contributed by atoms with Gasteiger partial charge in [-0.15, -0.1) is 0 Å². The molecule has 3 N–H and O–H groups in total. The second-order valence-electron chi connectivity index (χ2n) is 8.98. The molecule has 2 amide bonds. The lowest BCUT2D eigenvalue weighted by Crippen LogP contribution is -2.47. The van der Waals surface area contributed by atoms with Crippen molar-refractivity contribution < 1.29 is 19.5 Å². The monoisotopic (exact) mass is 465 g/mol. The fraction of sp³-hybridized carbons (Fsp3) is 0.480. The fourth-order valence-corrected chi connectivity index (χ4v) is 4.70. The first-order valence-electron chi connectivity index (χ1n) is 11.9. The largest absolute Gasteiger partial charge is 0.481 e. The topological polar surface area (TPSA) is 125 Å². The number of nitrogens with one attached hydrogen (secondary N) is 2. The minimum absolute atomic E-state index is 0.0198. The van der Waals surface area contributed by atoms with Gasteiger partial charge in [-0.3, -0.25) is 19.4 Å². The number of aryl methyl sites for hydroxylation is 2. The van der Waals surface area contributed by atoms with Crippen LogP contribution in [0.3, 0.4) is 0 Å². The molecular weight excluding hydrogens is 434 g/mol. The number of fused-ring (bicyclic) bond motifs is 1. The summed E-state index contributed by atoms with van der Waals surface area (Å²) in [6.07, 6.45) is 8.09. The van der Waals surface area contributed by atoms with Crippen LogP contribution in [0, 0.1) is 5.92 Å². The first-order chi connectivity index (χ1) is 16.5. The smallest absolute Gasteiger partial charge is 0.305 e. The zero-order valence-corrected chi connectivity index (χ0v) is 19.2. The van der Waals surface area contributed by atoms with Gasteiger partial charge in [0, 0.05) is 37.1 Å². The number of pyridine rings is 2. The van der Waals surface area contributed by atoms with E-state index in [4.69, 9.17) is 4.98 Å². The van der Waals surface area contributed by atoms with E-state index in [1.807, 2.05) is 6.07 Å². The number of rotatable bonds is 9. The molecule has 9 nitrogen and oxygen atoms in total. The number of piperidine rings is 1. The number of aliphatic carboxylic acids is 1. The molecule has 4 heterocycles. The Balaban J connectivity index is 1.32. The Morgan fingerprint density at radius 1 is 1.26 bits per heavy atom. The van der Waals surface area contributed by atoms with E-state index in [-0.39, 0.29) is 30.7 Å². The van der Waals surface area contributed by atoms with E-state index in [1.54, 1.807) is 29.4 Å². The summed E-state index contributed by atoms with van der Waals surface area (Å²) in [4.78, 5) is 47.4. The lowest BCUT2D eigenvalue weighted by Gasteiger charge is -2.32. The van der Waals surface area contributed by atoms with E-state index in [1.165, 1.54) is 5.56 Å². The summed E-state index contributed by atoms with van der Waals surface area (Å²) in [5.41, 5.74) is 2.84. The van der Waals surface area contributed by atoms with Gasteiger partial charge in [0.15, 0.2) is 0 Å². The first kappa shape index (κ1) is 23.7. The number of nitrogens with zero attached hydrogens (tertiary/aromatic N) is 3. The van der Waals surface area contributed by atoms with Crippen molar-refractivity contribution >= 4 is 23.6 Å². The molecule has 4 rings (SSSR count). The molecule has 2 aliphatic heterocycles. The van der Waals surface area contributed by atoms with Crippen molar-refractivity contribution in [3.05, 3.63) is 53.5 Å². The molecule has 9 heteroatoms. The first-order valence-corrected chi connectivity index (χ1v) is 11.9. The molecule has 2 aromatic rings. The van der Waals surface area contributed by atoms with E-state index >= 15 is 0 Å². The summed E-state index contributed by atoms with van der Waals surface area (Å²) in [5, 5.41) is 15.3. The summed E-state index contributed by atoms with van der Waals surface area (Å²) < 4.78 is 0. The Kier molecular flexibility index (Phi) is 7.72. The molecule has 0 radical (unpaired) electrons. The van der Waals surface area contributed by atoms with Crippen LogP contribution in [-0.2, 0) is 27.2 Å². The summed E-state index contributed by atoms with van der Waals surface area (Å²) in [7, 11) is 0. The van der Waals surface area contributed by atoms with Crippen molar-refractivity contribution in [1.82, 2.24) is 20.2 Å². The van der Waals surface area contributed by atoms with Gasteiger partial charge in [0.2, 0.25) is 11.8 Å². The Morgan fingerprint density at radius 3 is 2.94 bits per heavy atom. The molecule has 1 fully saturated rings. The molecule has 0 saturated carbocycles. The number of carboxylic acids is 1. The Labute approximate surface area is 199 Å². The van der Waals surface area contributed by atoms with Crippen molar-refractivity contribution in [3.63, 3.8) is 0 Å². The molecule has 0 bridgehead atoms. The molecule has 34 heavy (non-hydrogen) atoms. The van der Waals surface area contributed by atoms with E-state index in [9.17, 15) is 19.5 Å². The van der Waals surface area contributed by atoms with Gasteiger partial charge in [-0.2, -0.15) is 0 Å². The van der Waals surface area contributed by atoms with E-state index in [0.717, 1.165) is 43.7 Å². The van der Waals surface area contributed by atoms with Gasteiger partial charge < -0.3 is 20.6 Å². The van der Waals surface area contributed by atoms with Crippen LogP contribution in [0.1, 0.15) is 55.0 Å². The minimum atomic E-state index is -1.02. The number of anilines is 1. The van der Waals surface area contributed by atoms with Crippen LogP contribution in [0.15, 0.2) is 36.7 Å². The molecule has 2 aromatic heterocycles. The molecular formula is C25H31N5O4. The van der Waals surface area contributed by atoms with Crippen molar-refractivity contribution in [2.24, 2.45) is 5.92 Å². The third-order valence-electron chi connectivity index (χ3n) is 6.48. The van der Waals surface area contributed by atoms with Crippen LogP contribution in [0.5, 0.6) is 0 Å². The zero-order chi connectivity index (χ0) is 23.9. The second-order valence-corrected chi connectivity index (χ2v) is 8.98. The number of hydrogen-bond donors (Lipinski definition) is 3. The third-order valence-corrected chi connectivity index (χ3v) is 6.48. The van der Waals surface area contributed by atoms with Crippen LogP contribution >= 0.6 is 0 Å². The zero-order valence-electron chi connectivity index (χ0n) is 19.2. The molecule has 0 aliphatic carbocycles. The van der Waals surface area contributed by atoms with Crippen LogP contribution in [-0.4, -0.2) is 57.4 Å². The highest BCUT2D eigenvalue weighted by Gasteiger charge is 2.30. The SMILES string of the molecule is O=C(O)C[C@H](NC(=O)CN1CCCC(CCc2ccc3c(n2)NCCC3)C1=O)c1cccnc1. The number of amides is 2. The Morgan fingerprint density at radius 2 is 2.15 bits per heavy atom. The molecule has 0 spiro atoms. The molecule has 180 valence electrons. The Bertz CT molecular complexity index is 1030. The van der Waals surface area contributed by atoms with Gasteiger partial charge in [0.25, 0.3) is 0 Å². The van der Waals surface area contributed by atoms with Crippen molar-refractivity contribution in [2.75, 3.05) is 25.0 Å². The van der Waals surface area contributed by atoms with Gasteiger partial charge in [-0.05, 0) is 61.8 Å². The van der Waals surface area contributed by atoms with Crippen molar-refractivity contribution in [2.45, 2.75) is 51.0 Å². The van der Waals surface area contributed by atoms with Gasteiger partial charge in [-0.25, -0.2) is 4.98 Å². The van der Waals surface area contributed by atoms with Crippen LogP contribution in [0.4, 0.5) is 5.82 Å². The number of carbonyl (C=O) groups excluding carboxylic acids is 2. The number of likely N-dealkylation sites (tertiary alicyclic amines) is 1. The maximum absolute atomic E-state index is 13.1. The average molecular weight is 466 g/mol. The molecule has 0 aromatic carbocycles. The fourth-order valence-electron chi connectivity index (χ4n) is 4.70. The number of aromatic nitrogens is 2. The predicted octanol–water partition coefficient (Wildman–Crippen LogP) is 2.34. The van der Waals surface area contributed by atoms with Crippen LogP contribution in [0.2, 0.25) is 0 Å². The van der Waals surface area contributed by atoms with Crippen LogP contribution in [0.25, 0.3) is 0 Å². The van der Waals surface area contributed by atoms with Crippen molar-refractivity contribution in [3.8, 4) is 0 Å². The lowest BCUT2D eigenvalue weighted by atomic mass is 9.91. The number of hydrogen-bond acceptors (Lipinski definition) is 6. The summed E-state index contributed by atoms with van der Waals surface area (Å²) in [6.45, 7) is 1.39. The van der Waals surface area contributed by atoms with Gasteiger partial charge >= 0.3 is 5.97 Å². The molecule has 2 aliphatic rings. The van der Waals surface area contributed by atoms with Gasteiger partial charge in [0.05, 0.1) is 19.0 Å². The van der Waals surface area contributed by atoms with Crippen LogP contribution < -0.4 is 10.6 Å². The number of carboxylic acid groups (broad SMARTS) is 1. The molecule has 1 unspecified atom stereocenters. The summed E-state index contributed by atoms with van der Waals surface area (Å²) >= 11 is 0. The Hall–Kier alpha value is -3.49. The van der Waals surface area contributed by atoms with Gasteiger partial charge in [-0.1, -0.05) is 12.1 Å². The lowest BCUT2D eigenvalue weighted by molar-refractivity contribution is -0.143. The molecule has 2 atom stereocenters. The van der Waals surface area contributed by atoms with E-state index in [0.29, 0.717) is 24.9 Å². The predicted molar refractivity (Wildman–Crippen MR) is 126 cm³/mol. The third kappa shape index (κ3) is 6.09. The second kappa shape index (κ2) is 11.1. The highest BCUT2D eigenvalue weighted by atomic mass is 16.4. The highest BCUT2D eigenvalue weighted by molar-refractivity contribution is 5.86. The highest BCUT2D eigenvalue weighted by Crippen LogP contribution is 2.25. The quantitative estimate of drug-likeness (QED) is 0.519. The maximum Gasteiger partial charge on any atom is 0.305 e. The molecule has 1 saturated heterocycles. The average Bonchev–Trinajstić information content (AvgIpc) is 2.84. The minimum Gasteiger partial charge on any atom is -0.481 e. The van der Waals surface area contributed by atoms with E-state index in [2.05, 4.69) is 21.7 Å². The summed E-state index contributed by atoms with van der Waals surface area (Å²) in [5.74, 6) is -0.587. The van der Waals surface area contributed by atoms with Crippen molar-refractivity contribution in [1.29, 1.82) is 0 Å².